The van der Waals surface area contributed by atoms with Gasteiger partial charge in [-0.05, 0) is 55.0 Å². The summed E-state index contributed by atoms with van der Waals surface area (Å²) in [6.45, 7) is 4.16. The van der Waals surface area contributed by atoms with Crippen molar-refractivity contribution >= 4 is 17.5 Å². The summed E-state index contributed by atoms with van der Waals surface area (Å²) in [5.74, 6) is 0.606. The van der Waals surface area contributed by atoms with Gasteiger partial charge < -0.3 is 9.80 Å². The van der Waals surface area contributed by atoms with E-state index >= 15 is 0 Å². The highest BCUT2D eigenvalue weighted by molar-refractivity contribution is 5.93. The Hall–Kier alpha value is -3.21. The highest BCUT2D eigenvalue weighted by atomic mass is 16.2. The Morgan fingerprint density at radius 3 is 2.52 bits per heavy atom. The molecule has 3 heterocycles. The second-order valence-corrected chi connectivity index (χ2v) is 7.82. The van der Waals surface area contributed by atoms with Crippen LogP contribution >= 0.6 is 0 Å². The third-order valence-corrected chi connectivity index (χ3v) is 5.83. The molecule has 5 heteroatoms. The van der Waals surface area contributed by atoms with E-state index in [0.29, 0.717) is 18.2 Å². The number of rotatable bonds is 2. The van der Waals surface area contributed by atoms with Crippen LogP contribution in [-0.4, -0.2) is 33.9 Å². The average molecular weight is 384 g/mol. The molecule has 0 N–H and O–H groups in total. The molecule has 0 fully saturated rings. The second-order valence-electron chi connectivity index (χ2n) is 7.82. The van der Waals surface area contributed by atoms with Crippen LogP contribution in [0.5, 0.6) is 0 Å². The summed E-state index contributed by atoms with van der Waals surface area (Å²) in [6.07, 6.45) is 3.01. The molecule has 2 aliphatic rings. The first-order chi connectivity index (χ1) is 14.2. The average Bonchev–Trinajstić information content (AvgIpc) is 2.77. The standard InChI is InChI=1S/C24H24N4O/c1-17-15-21(23(29)27-14-12-18-7-2-3-9-20(18)16-27)26-24(25-17)28-13-6-10-19-8-4-5-11-22(19)28/h2-5,7-9,11,15H,6,10,12-14,16H2,1H3. The van der Waals surface area contributed by atoms with Crippen molar-refractivity contribution in [3.8, 4) is 0 Å². The number of carbonyl (C=O) groups is 1. The van der Waals surface area contributed by atoms with Gasteiger partial charge in [0.25, 0.3) is 5.91 Å². The fourth-order valence-electron chi connectivity index (χ4n) is 4.36. The van der Waals surface area contributed by atoms with Gasteiger partial charge in [-0.3, -0.25) is 4.79 Å². The number of fused-ring (bicyclic) bond motifs is 2. The molecule has 0 saturated carbocycles. The number of amides is 1. The highest BCUT2D eigenvalue weighted by Crippen LogP contribution is 2.31. The van der Waals surface area contributed by atoms with Crippen LogP contribution < -0.4 is 4.90 Å². The number of benzene rings is 2. The normalized spacial score (nSPS) is 15.6. The van der Waals surface area contributed by atoms with Gasteiger partial charge in [-0.15, -0.1) is 0 Å². The van der Waals surface area contributed by atoms with Crippen LogP contribution in [0.2, 0.25) is 0 Å². The number of hydrogen-bond acceptors (Lipinski definition) is 4. The number of hydrogen-bond donors (Lipinski definition) is 0. The molecule has 0 radical (unpaired) electrons. The van der Waals surface area contributed by atoms with Gasteiger partial charge in [-0.2, -0.15) is 0 Å². The molecule has 0 saturated heterocycles. The minimum Gasteiger partial charge on any atom is -0.333 e. The van der Waals surface area contributed by atoms with Crippen LogP contribution in [-0.2, 0) is 19.4 Å². The lowest BCUT2D eigenvalue weighted by Gasteiger charge is -2.31. The first-order valence-electron chi connectivity index (χ1n) is 10.3. The van der Waals surface area contributed by atoms with E-state index in [1.807, 2.05) is 30.0 Å². The molecule has 2 aromatic carbocycles. The van der Waals surface area contributed by atoms with Crippen molar-refractivity contribution in [2.75, 3.05) is 18.0 Å². The molecule has 29 heavy (non-hydrogen) atoms. The molecule has 0 unspecified atom stereocenters. The van der Waals surface area contributed by atoms with E-state index in [-0.39, 0.29) is 5.91 Å². The summed E-state index contributed by atoms with van der Waals surface area (Å²) in [5.41, 5.74) is 6.32. The maximum Gasteiger partial charge on any atom is 0.272 e. The van der Waals surface area contributed by atoms with Crippen molar-refractivity contribution in [1.29, 1.82) is 0 Å². The molecule has 1 aromatic heterocycles. The Balaban J connectivity index is 1.46. The van der Waals surface area contributed by atoms with Crippen molar-refractivity contribution < 1.29 is 4.79 Å². The zero-order valence-electron chi connectivity index (χ0n) is 16.6. The van der Waals surface area contributed by atoms with E-state index < -0.39 is 0 Å². The lowest BCUT2D eigenvalue weighted by atomic mass is 10.00. The molecule has 0 spiro atoms. The highest BCUT2D eigenvalue weighted by Gasteiger charge is 2.25. The lowest BCUT2D eigenvalue weighted by molar-refractivity contribution is 0.0728. The van der Waals surface area contributed by atoms with Gasteiger partial charge in [0.15, 0.2) is 0 Å². The maximum atomic E-state index is 13.3. The van der Waals surface area contributed by atoms with Crippen LogP contribution in [0.3, 0.4) is 0 Å². The van der Waals surface area contributed by atoms with Gasteiger partial charge in [-0.1, -0.05) is 42.5 Å². The van der Waals surface area contributed by atoms with Gasteiger partial charge in [-0.25, -0.2) is 9.97 Å². The number of aryl methyl sites for hydroxylation is 2. The van der Waals surface area contributed by atoms with Crippen molar-refractivity contribution in [2.45, 2.75) is 32.7 Å². The fraction of sp³-hybridized carbons (Fsp3) is 0.292. The Morgan fingerprint density at radius 2 is 1.66 bits per heavy atom. The first kappa shape index (κ1) is 17.9. The molecular formula is C24H24N4O. The zero-order chi connectivity index (χ0) is 19.8. The summed E-state index contributed by atoms with van der Waals surface area (Å²) in [4.78, 5) is 26.7. The SMILES string of the molecule is Cc1cc(C(=O)N2CCc3ccccc3C2)nc(N2CCCc3ccccc32)n1. The van der Waals surface area contributed by atoms with Crippen LogP contribution in [0, 0.1) is 6.92 Å². The molecule has 0 bridgehead atoms. The molecule has 1 amide bonds. The van der Waals surface area contributed by atoms with E-state index in [4.69, 9.17) is 4.98 Å². The van der Waals surface area contributed by atoms with Crippen LogP contribution in [0.25, 0.3) is 0 Å². The Labute approximate surface area is 171 Å². The number of nitrogens with zero attached hydrogens (tertiary/aromatic N) is 4. The molecular weight excluding hydrogens is 360 g/mol. The molecule has 0 atom stereocenters. The Kier molecular flexibility index (Phi) is 4.51. The number of para-hydroxylation sites is 1. The molecule has 2 aliphatic heterocycles. The molecule has 5 rings (SSSR count). The predicted octanol–water partition coefficient (Wildman–Crippen LogP) is 4.07. The first-order valence-corrected chi connectivity index (χ1v) is 10.3. The summed E-state index contributed by atoms with van der Waals surface area (Å²) in [5, 5.41) is 0. The minimum atomic E-state index is -0.0171. The van der Waals surface area contributed by atoms with Gasteiger partial charge >= 0.3 is 0 Å². The van der Waals surface area contributed by atoms with Crippen LogP contribution in [0.1, 0.15) is 39.3 Å². The maximum absolute atomic E-state index is 13.3. The minimum absolute atomic E-state index is 0.0171. The predicted molar refractivity (Wildman–Crippen MR) is 113 cm³/mol. The van der Waals surface area contributed by atoms with Gasteiger partial charge in [0.2, 0.25) is 5.95 Å². The smallest absolute Gasteiger partial charge is 0.272 e. The van der Waals surface area contributed by atoms with E-state index in [1.54, 1.807) is 0 Å². The van der Waals surface area contributed by atoms with E-state index in [2.05, 4.69) is 46.3 Å². The summed E-state index contributed by atoms with van der Waals surface area (Å²) >= 11 is 0. The zero-order valence-corrected chi connectivity index (χ0v) is 16.6. The fourth-order valence-corrected chi connectivity index (χ4v) is 4.36. The van der Waals surface area contributed by atoms with E-state index in [0.717, 1.165) is 43.7 Å². The molecule has 0 aliphatic carbocycles. The van der Waals surface area contributed by atoms with Gasteiger partial charge in [0.1, 0.15) is 5.69 Å². The lowest BCUT2D eigenvalue weighted by Crippen LogP contribution is -2.37. The number of anilines is 2. The quantitative estimate of drug-likeness (QED) is 0.668. The van der Waals surface area contributed by atoms with Gasteiger partial charge in [0, 0.05) is 31.0 Å². The third-order valence-electron chi connectivity index (χ3n) is 5.83. The second kappa shape index (κ2) is 7.32. The van der Waals surface area contributed by atoms with Crippen LogP contribution in [0.4, 0.5) is 11.6 Å². The topological polar surface area (TPSA) is 49.3 Å². The van der Waals surface area contributed by atoms with Crippen molar-refractivity contribution in [1.82, 2.24) is 14.9 Å². The third kappa shape index (κ3) is 3.37. The van der Waals surface area contributed by atoms with Crippen molar-refractivity contribution in [3.63, 3.8) is 0 Å². The van der Waals surface area contributed by atoms with E-state index in [9.17, 15) is 4.79 Å². The monoisotopic (exact) mass is 384 g/mol. The summed E-state index contributed by atoms with van der Waals surface area (Å²) in [6, 6.07) is 18.6. The van der Waals surface area contributed by atoms with Gasteiger partial charge in [0.05, 0.1) is 0 Å². The largest absolute Gasteiger partial charge is 0.333 e. The molecule has 5 nitrogen and oxygen atoms in total. The number of aromatic nitrogens is 2. The number of carbonyl (C=O) groups excluding carboxylic acids is 1. The summed E-state index contributed by atoms with van der Waals surface area (Å²) < 4.78 is 0. The van der Waals surface area contributed by atoms with Crippen LogP contribution in [0.15, 0.2) is 54.6 Å². The summed E-state index contributed by atoms with van der Waals surface area (Å²) in [7, 11) is 0. The molecule has 146 valence electrons. The van der Waals surface area contributed by atoms with Crippen molar-refractivity contribution in [3.05, 3.63) is 82.7 Å². The molecule has 3 aromatic rings. The van der Waals surface area contributed by atoms with E-state index in [1.165, 1.54) is 16.7 Å². The van der Waals surface area contributed by atoms with Crippen molar-refractivity contribution in [2.24, 2.45) is 0 Å². The Morgan fingerprint density at radius 1 is 0.897 bits per heavy atom. The Bertz CT molecular complexity index is 1080.